The van der Waals surface area contributed by atoms with Gasteiger partial charge in [-0.25, -0.2) is 9.88 Å². The van der Waals surface area contributed by atoms with Crippen molar-refractivity contribution in [2.75, 3.05) is 4.90 Å². The predicted octanol–water partition coefficient (Wildman–Crippen LogP) is 3.58. The van der Waals surface area contributed by atoms with E-state index >= 15 is 0 Å². The molecule has 2 aromatic heterocycles. The highest BCUT2D eigenvalue weighted by Crippen LogP contribution is 2.31. The lowest BCUT2D eigenvalue weighted by Crippen LogP contribution is -2.46. The van der Waals surface area contributed by atoms with Gasteiger partial charge in [0, 0.05) is 30.4 Å². The molecule has 0 saturated carbocycles. The maximum absolute atomic E-state index is 13.2. The number of pyridine rings is 2. The van der Waals surface area contributed by atoms with E-state index in [1.165, 1.54) is 0 Å². The van der Waals surface area contributed by atoms with Crippen LogP contribution in [0.15, 0.2) is 78.2 Å². The smallest absolute Gasteiger partial charge is 0.266 e. The maximum Gasteiger partial charge on any atom is 0.266 e. The molecule has 4 rings (SSSR count). The molecule has 0 N–H and O–H groups in total. The molecule has 0 aliphatic carbocycles. The maximum atomic E-state index is 13.2. The summed E-state index contributed by atoms with van der Waals surface area (Å²) >= 11 is 0. The summed E-state index contributed by atoms with van der Waals surface area (Å²) in [4.78, 5) is 40.1. The summed E-state index contributed by atoms with van der Waals surface area (Å²) in [5, 5.41) is 0. The highest BCUT2D eigenvalue weighted by atomic mass is 16.2. The van der Waals surface area contributed by atoms with Gasteiger partial charge in [0.25, 0.3) is 5.91 Å². The number of anilines is 1. The van der Waals surface area contributed by atoms with Gasteiger partial charge in [-0.2, -0.15) is 0 Å². The van der Waals surface area contributed by atoms with Gasteiger partial charge in [-0.15, -0.1) is 0 Å². The molecule has 0 saturated heterocycles. The first-order valence-electron chi connectivity index (χ1n) is 8.98. The van der Waals surface area contributed by atoms with Crippen LogP contribution in [0.25, 0.3) is 0 Å². The minimum Gasteiger partial charge on any atom is -0.289 e. The Balaban J connectivity index is 1.73. The number of nitrogens with zero attached hydrogens (tertiary/aromatic N) is 4. The normalized spacial score (nSPS) is 17.6. The van der Waals surface area contributed by atoms with E-state index in [-0.39, 0.29) is 17.9 Å². The predicted molar refractivity (Wildman–Crippen MR) is 106 cm³/mol. The number of imide groups is 1. The van der Waals surface area contributed by atoms with Crippen LogP contribution >= 0.6 is 0 Å². The topological polar surface area (TPSA) is 75.5 Å². The lowest BCUT2D eigenvalue weighted by Gasteiger charge is -2.30. The standard InChI is InChI=1S/C22H18N4O2/c1-15(16-9-12-23-13-10-16)25-14-19-17-6-2-3-7-18(17)21(27)26(22(19)28)20-8-4-5-11-24-20/h2-15,19H,1H3/t15-,19?/m0/s1. The van der Waals surface area contributed by atoms with E-state index in [1.807, 2.05) is 25.1 Å². The second-order valence-electron chi connectivity index (χ2n) is 6.49. The van der Waals surface area contributed by atoms with E-state index in [9.17, 15) is 9.59 Å². The van der Waals surface area contributed by atoms with Crippen LogP contribution in [-0.4, -0.2) is 28.0 Å². The van der Waals surface area contributed by atoms with Gasteiger partial charge >= 0.3 is 0 Å². The zero-order valence-electron chi connectivity index (χ0n) is 15.3. The van der Waals surface area contributed by atoms with Gasteiger partial charge in [-0.05, 0) is 48.4 Å². The highest BCUT2D eigenvalue weighted by Gasteiger charge is 2.39. The van der Waals surface area contributed by atoms with Crippen molar-refractivity contribution in [1.82, 2.24) is 9.97 Å². The second kappa shape index (κ2) is 7.52. The molecule has 0 spiro atoms. The molecule has 1 unspecified atom stereocenters. The Morgan fingerprint density at radius 2 is 1.75 bits per heavy atom. The summed E-state index contributed by atoms with van der Waals surface area (Å²) in [5.41, 5.74) is 2.15. The molecule has 3 aromatic rings. The van der Waals surface area contributed by atoms with Crippen molar-refractivity contribution >= 4 is 23.8 Å². The summed E-state index contributed by atoms with van der Waals surface area (Å²) in [7, 11) is 0. The van der Waals surface area contributed by atoms with Gasteiger partial charge in [0.1, 0.15) is 5.82 Å². The molecule has 0 fully saturated rings. The summed E-state index contributed by atoms with van der Waals surface area (Å²) < 4.78 is 0. The number of aromatic nitrogens is 2. The van der Waals surface area contributed by atoms with Crippen molar-refractivity contribution in [1.29, 1.82) is 0 Å². The second-order valence-corrected chi connectivity index (χ2v) is 6.49. The Morgan fingerprint density at radius 1 is 1.00 bits per heavy atom. The van der Waals surface area contributed by atoms with Gasteiger partial charge < -0.3 is 0 Å². The van der Waals surface area contributed by atoms with Crippen LogP contribution in [0.3, 0.4) is 0 Å². The van der Waals surface area contributed by atoms with E-state index < -0.39 is 5.92 Å². The molecule has 1 aliphatic heterocycles. The number of hydrogen-bond donors (Lipinski definition) is 0. The number of aliphatic imine (C=N–C) groups is 1. The molecule has 1 aromatic carbocycles. The molecule has 2 amide bonds. The van der Waals surface area contributed by atoms with E-state index in [2.05, 4.69) is 15.0 Å². The van der Waals surface area contributed by atoms with Crippen LogP contribution in [0.4, 0.5) is 5.82 Å². The van der Waals surface area contributed by atoms with Crippen molar-refractivity contribution in [2.45, 2.75) is 18.9 Å². The Hall–Kier alpha value is -3.67. The van der Waals surface area contributed by atoms with Crippen LogP contribution in [-0.2, 0) is 4.79 Å². The summed E-state index contributed by atoms with van der Waals surface area (Å²) in [6.45, 7) is 1.95. The lowest BCUT2D eigenvalue weighted by atomic mass is 9.89. The van der Waals surface area contributed by atoms with Crippen LogP contribution < -0.4 is 4.90 Å². The Kier molecular flexibility index (Phi) is 4.76. The van der Waals surface area contributed by atoms with E-state index in [4.69, 9.17) is 0 Å². The first-order valence-corrected chi connectivity index (χ1v) is 8.98. The number of fused-ring (bicyclic) bond motifs is 1. The average Bonchev–Trinajstić information content (AvgIpc) is 2.75. The Morgan fingerprint density at radius 3 is 2.50 bits per heavy atom. The molecule has 0 bridgehead atoms. The number of benzene rings is 1. The lowest BCUT2D eigenvalue weighted by molar-refractivity contribution is -0.118. The monoisotopic (exact) mass is 370 g/mol. The number of carbonyl (C=O) groups excluding carboxylic acids is 2. The first-order chi connectivity index (χ1) is 13.7. The molecular weight excluding hydrogens is 352 g/mol. The van der Waals surface area contributed by atoms with Crippen molar-refractivity contribution in [3.05, 3.63) is 89.9 Å². The third-order valence-electron chi connectivity index (χ3n) is 4.74. The SMILES string of the molecule is C[C@H](N=CC1C(=O)N(c2ccccn2)C(=O)c2ccccc21)c1ccncc1. The third kappa shape index (κ3) is 3.20. The third-order valence-corrected chi connectivity index (χ3v) is 4.74. The molecule has 138 valence electrons. The van der Waals surface area contributed by atoms with Crippen LogP contribution in [0.5, 0.6) is 0 Å². The number of hydrogen-bond acceptors (Lipinski definition) is 5. The van der Waals surface area contributed by atoms with Crippen molar-refractivity contribution in [3.63, 3.8) is 0 Å². The van der Waals surface area contributed by atoms with Crippen LogP contribution in [0.2, 0.25) is 0 Å². The van der Waals surface area contributed by atoms with Gasteiger partial charge in [0.15, 0.2) is 0 Å². The average molecular weight is 370 g/mol. The zero-order valence-corrected chi connectivity index (χ0v) is 15.3. The van der Waals surface area contributed by atoms with Crippen molar-refractivity contribution in [2.24, 2.45) is 4.99 Å². The van der Waals surface area contributed by atoms with E-state index in [0.717, 1.165) is 10.5 Å². The Labute approximate surface area is 162 Å². The minimum absolute atomic E-state index is 0.135. The fourth-order valence-corrected chi connectivity index (χ4v) is 3.25. The zero-order chi connectivity index (χ0) is 19.5. The highest BCUT2D eigenvalue weighted by molar-refractivity contribution is 6.28. The molecule has 28 heavy (non-hydrogen) atoms. The van der Waals surface area contributed by atoms with Crippen LogP contribution in [0, 0.1) is 0 Å². The van der Waals surface area contributed by atoms with Gasteiger partial charge in [0.2, 0.25) is 5.91 Å². The van der Waals surface area contributed by atoms with E-state index in [0.29, 0.717) is 16.9 Å². The summed E-state index contributed by atoms with van der Waals surface area (Å²) in [6, 6.07) is 15.9. The van der Waals surface area contributed by atoms with Crippen LogP contribution in [0.1, 0.15) is 40.4 Å². The molecule has 1 aliphatic rings. The summed E-state index contributed by atoms with van der Waals surface area (Å²) in [6.07, 6.45) is 6.62. The largest absolute Gasteiger partial charge is 0.289 e. The molecule has 6 nitrogen and oxygen atoms in total. The minimum atomic E-state index is -0.653. The number of carbonyl (C=O) groups is 2. The number of amides is 2. The molecule has 6 heteroatoms. The Bertz CT molecular complexity index is 1030. The van der Waals surface area contributed by atoms with Crippen molar-refractivity contribution < 1.29 is 9.59 Å². The molecular formula is C22H18N4O2. The first kappa shape index (κ1) is 17.7. The van der Waals surface area contributed by atoms with Crippen molar-refractivity contribution in [3.8, 4) is 0 Å². The molecule has 0 radical (unpaired) electrons. The van der Waals surface area contributed by atoms with Gasteiger partial charge in [-0.3, -0.25) is 19.6 Å². The molecule has 2 atom stereocenters. The molecule has 3 heterocycles. The fraction of sp³-hybridized carbons (Fsp3) is 0.136. The van der Waals surface area contributed by atoms with Gasteiger partial charge in [0.05, 0.1) is 12.0 Å². The van der Waals surface area contributed by atoms with Gasteiger partial charge in [-0.1, -0.05) is 24.3 Å². The fourth-order valence-electron chi connectivity index (χ4n) is 3.25. The summed E-state index contributed by atoms with van der Waals surface area (Å²) in [5.74, 6) is -1.06. The quantitative estimate of drug-likeness (QED) is 0.520. The van der Waals surface area contributed by atoms with E-state index in [1.54, 1.807) is 61.2 Å². The number of rotatable bonds is 4.